The third-order valence-electron chi connectivity index (χ3n) is 3.55. The number of nitrogens with two attached hydrogens (primary N) is 1. The molecule has 0 bridgehead atoms. The number of nitrogens with one attached hydrogen (secondary N) is 1. The third kappa shape index (κ3) is 3.22. The molecule has 1 aliphatic carbocycles. The zero-order chi connectivity index (χ0) is 14.8. The lowest BCUT2D eigenvalue weighted by atomic mass is 10.1. The van der Waals surface area contributed by atoms with E-state index in [1.54, 1.807) is 35.6 Å². The van der Waals surface area contributed by atoms with Crippen LogP contribution in [0.15, 0.2) is 24.3 Å². The molecule has 1 amide bonds. The fourth-order valence-electron chi connectivity index (χ4n) is 2.42. The SMILES string of the molecule is N[C@@H](Cc1ccc(O)cc1)C(=O)Nc1nc2c(s1)CCC2. The summed E-state index contributed by atoms with van der Waals surface area (Å²) in [4.78, 5) is 17.8. The van der Waals surface area contributed by atoms with Crippen molar-refractivity contribution in [3.63, 3.8) is 0 Å². The number of anilines is 1. The van der Waals surface area contributed by atoms with Crippen LogP contribution in [0.4, 0.5) is 5.13 Å². The number of phenolic OH excluding ortho intramolecular Hbond substituents is 1. The van der Waals surface area contributed by atoms with Gasteiger partial charge in [-0.2, -0.15) is 0 Å². The van der Waals surface area contributed by atoms with Gasteiger partial charge in [-0.1, -0.05) is 12.1 Å². The van der Waals surface area contributed by atoms with Gasteiger partial charge >= 0.3 is 0 Å². The smallest absolute Gasteiger partial charge is 0.243 e. The van der Waals surface area contributed by atoms with E-state index in [0.717, 1.165) is 30.5 Å². The maximum absolute atomic E-state index is 12.1. The zero-order valence-corrected chi connectivity index (χ0v) is 12.3. The normalized spacial score (nSPS) is 14.7. The van der Waals surface area contributed by atoms with Gasteiger partial charge in [0.05, 0.1) is 11.7 Å². The number of aromatic nitrogens is 1. The highest BCUT2D eigenvalue weighted by atomic mass is 32.1. The van der Waals surface area contributed by atoms with Crippen molar-refractivity contribution in [3.8, 4) is 5.75 Å². The van der Waals surface area contributed by atoms with Gasteiger partial charge in [0.1, 0.15) is 5.75 Å². The summed E-state index contributed by atoms with van der Waals surface area (Å²) >= 11 is 1.54. The molecule has 0 radical (unpaired) electrons. The van der Waals surface area contributed by atoms with E-state index >= 15 is 0 Å². The number of hydrogen-bond donors (Lipinski definition) is 3. The molecule has 1 heterocycles. The van der Waals surface area contributed by atoms with Crippen LogP contribution in [0, 0.1) is 0 Å². The van der Waals surface area contributed by atoms with E-state index in [2.05, 4.69) is 10.3 Å². The van der Waals surface area contributed by atoms with Gasteiger partial charge in [0.15, 0.2) is 5.13 Å². The van der Waals surface area contributed by atoms with E-state index in [-0.39, 0.29) is 11.7 Å². The number of benzene rings is 1. The minimum absolute atomic E-state index is 0.203. The second kappa shape index (κ2) is 5.83. The number of carbonyl (C=O) groups excluding carboxylic acids is 1. The molecule has 0 unspecified atom stereocenters. The summed E-state index contributed by atoms with van der Waals surface area (Å²) in [6, 6.07) is 6.07. The summed E-state index contributed by atoms with van der Waals surface area (Å²) in [6.07, 6.45) is 3.64. The minimum Gasteiger partial charge on any atom is -0.508 e. The highest BCUT2D eigenvalue weighted by Crippen LogP contribution is 2.30. The van der Waals surface area contributed by atoms with Crippen LogP contribution < -0.4 is 11.1 Å². The van der Waals surface area contributed by atoms with Crippen LogP contribution in [-0.2, 0) is 24.1 Å². The molecule has 0 saturated carbocycles. The summed E-state index contributed by atoms with van der Waals surface area (Å²) < 4.78 is 0. The number of hydrogen-bond acceptors (Lipinski definition) is 5. The number of amides is 1. The fraction of sp³-hybridized carbons (Fsp3) is 0.333. The first-order valence-corrected chi connectivity index (χ1v) is 7.76. The first-order valence-electron chi connectivity index (χ1n) is 6.95. The largest absolute Gasteiger partial charge is 0.508 e. The van der Waals surface area contributed by atoms with Crippen LogP contribution >= 0.6 is 11.3 Å². The van der Waals surface area contributed by atoms with Gasteiger partial charge in [-0.05, 0) is 43.4 Å². The molecule has 5 nitrogen and oxygen atoms in total. The first kappa shape index (κ1) is 14.0. The highest BCUT2D eigenvalue weighted by Gasteiger charge is 2.20. The monoisotopic (exact) mass is 303 g/mol. The third-order valence-corrected chi connectivity index (χ3v) is 4.63. The molecule has 1 aliphatic rings. The summed E-state index contributed by atoms with van der Waals surface area (Å²) in [5.41, 5.74) is 7.96. The Morgan fingerprint density at radius 1 is 1.38 bits per heavy atom. The standard InChI is InChI=1S/C15H17N3O2S/c16-11(8-9-4-6-10(19)7-5-9)14(20)18-15-17-12-2-1-3-13(12)21-15/h4-7,11,19H,1-3,8,16H2,(H,17,18,20)/t11-/m0/s1. The van der Waals surface area contributed by atoms with E-state index in [1.165, 1.54) is 4.88 Å². The molecular formula is C15H17N3O2S. The van der Waals surface area contributed by atoms with Crippen LogP contribution in [0.5, 0.6) is 5.75 Å². The van der Waals surface area contributed by atoms with Crippen molar-refractivity contribution in [2.75, 3.05) is 5.32 Å². The van der Waals surface area contributed by atoms with Crippen LogP contribution in [0.2, 0.25) is 0 Å². The molecule has 2 aromatic rings. The molecule has 1 atom stereocenters. The summed E-state index contributed by atoms with van der Waals surface area (Å²) in [7, 11) is 0. The Morgan fingerprint density at radius 3 is 2.86 bits per heavy atom. The van der Waals surface area contributed by atoms with E-state index in [9.17, 15) is 9.90 Å². The molecule has 110 valence electrons. The van der Waals surface area contributed by atoms with Gasteiger partial charge < -0.3 is 16.2 Å². The number of phenols is 1. The fourth-order valence-corrected chi connectivity index (χ4v) is 3.47. The Hall–Kier alpha value is -1.92. The van der Waals surface area contributed by atoms with Gasteiger partial charge in [-0.3, -0.25) is 4.79 Å². The van der Waals surface area contributed by atoms with Gasteiger partial charge in [0.2, 0.25) is 5.91 Å². The maximum atomic E-state index is 12.1. The summed E-state index contributed by atoms with van der Waals surface area (Å²) in [6.45, 7) is 0. The van der Waals surface area contributed by atoms with Crippen molar-refractivity contribution >= 4 is 22.4 Å². The molecule has 3 rings (SSSR count). The number of nitrogens with zero attached hydrogens (tertiary/aromatic N) is 1. The highest BCUT2D eigenvalue weighted by molar-refractivity contribution is 7.15. The minimum atomic E-state index is -0.631. The summed E-state index contributed by atoms with van der Waals surface area (Å²) in [5.74, 6) is -0.0235. The van der Waals surface area contributed by atoms with Crippen molar-refractivity contribution in [3.05, 3.63) is 40.4 Å². The molecule has 0 fully saturated rings. The molecule has 6 heteroatoms. The molecule has 1 aromatic heterocycles. The quantitative estimate of drug-likeness (QED) is 0.804. The molecular weight excluding hydrogens is 286 g/mol. The van der Waals surface area contributed by atoms with Crippen molar-refractivity contribution in [1.82, 2.24) is 4.98 Å². The van der Waals surface area contributed by atoms with Gasteiger partial charge in [-0.25, -0.2) is 4.98 Å². The number of thiazole rings is 1. The number of rotatable bonds is 4. The van der Waals surface area contributed by atoms with E-state index < -0.39 is 6.04 Å². The lowest BCUT2D eigenvalue weighted by molar-refractivity contribution is -0.117. The predicted molar refractivity (Wildman–Crippen MR) is 82.6 cm³/mol. The van der Waals surface area contributed by atoms with Crippen molar-refractivity contribution in [2.45, 2.75) is 31.7 Å². The average Bonchev–Trinajstić information content (AvgIpc) is 3.02. The Labute approximate surface area is 126 Å². The molecule has 21 heavy (non-hydrogen) atoms. The van der Waals surface area contributed by atoms with Crippen LogP contribution in [0.25, 0.3) is 0 Å². The zero-order valence-electron chi connectivity index (χ0n) is 11.5. The van der Waals surface area contributed by atoms with E-state index in [4.69, 9.17) is 5.73 Å². The van der Waals surface area contributed by atoms with E-state index in [0.29, 0.717) is 11.6 Å². The van der Waals surface area contributed by atoms with Gasteiger partial charge in [0.25, 0.3) is 0 Å². The topological polar surface area (TPSA) is 88.2 Å². The maximum Gasteiger partial charge on any atom is 0.243 e. The van der Waals surface area contributed by atoms with E-state index in [1.807, 2.05) is 0 Å². The van der Waals surface area contributed by atoms with Gasteiger partial charge in [0, 0.05) is 4.88 Å². The van der Waals surface area contributed by atoms with Crippen molar-refractivity contribution in [1.29, 1.82) is 0 Å². The Balaban J connectivity index is 1.60. The molecule has 1 aromatic carbocycles. The molecule has 4 N–H and O–H groups in total. The van der Waals surface area contributed by atoms with Crippen LogP contribution in [0.1, 0.15) is 22.6 Å². The first-order chi connectivity index (χ1) is 10.1. The van der Waals surface area contributed by atoms with Crippen molar-refractivity contribution < 1.29 is 9.90 Å². The molecule has 0 aliphatic heterocycles. The Bertz CT molecular complexity index is 630. The molecule has 0 spiro atoms. The van der Waals surface area contributed by atoms with Crippen LogP contribution in [0.3, 0.4) is 0 Å². The second-order valence-electron chi connectivity index (χ2n) is 5.21. The Morgan fingerprint density at radius 2 is 2.14 bits per heavy atom. The Kier molecular flexibility index (Phi) is 3.90. The number of fused-ring (bicyclic) bond motifs is 1. The lowest BCUT2D eigenvalue weighted by Crippen LogP contribution is -2.37. The second-order valence-corrected chi connectivity index (χ2v) is 6.29. The van der Waals surface area contributed by atoms with Crippen molar-refractivity contribution in [2.24, 2.45) is 5.73 Å². The number of aromatic hydroxyl groups is 1. The predicted octanol–water partition coefficient (Wildman–Crippen LogP) is 1.85. The lowest BCUT2D eigenvalue weighted by Gasteiger charge is -2.11. The number of carbonyl (C=O) groups is 1. The number of aryl methyl sites for hydroxylation is 2. The van der Waals surface area contributed by atoms with Gasteiger partial charge in [-0.15, -0.1) is 11.3 Å². The van der Waals surface area contributed by atoms with Crippen LogP contribution in [-0.4, -0.2) is 22.0 Å². The average molecular weight is 303 g/mol. The molecule has 0 saturated heterocycles. The summed E-state index contributed by atoms with van der Waals surface area (Å²) in [5, 5.41) is 12.7.